The normalized spacial score (nSPS) is 10.9. The van der Waals surface area contributed by atoms with E-state index in [1.54, 1.807) is 30.0 Å². The van der Waals surface area contributed by atoms with Gasteiger partial charge in [-0.15, -0.1) is 0 Å². The number of carbonyl (C=O) groups is 1. The van der Waals surface area contributed by atoms with E-state index < -0.39 is 0 Å². The Kier molecular flexibility index (Phi) is 4.67. The number of carbonyl (C=O) groups excluding carboxylic acids is 1. The van der Waals surface area contributed by atoms with Crippen molar-refractivity contribution in [2.45, 2.75) is 13.8 Å². The lowest BCUT2D eigenvalue weighted by Gasteiger charge is -2.12. The molecule has 2 aromatic carbocycles. The van der Waals surface area contributed by atoms with E-state index in [1.807, 2.05) is 49.4 Å². The van der Waals surface area contributed by atoms with Crippen molar-refractivity contribution in [3.8, 4) is 16.9 Å². The molecule has 1 aromatic heterocycles. The Morgan fingerprint density at radius 3 is 2.44 bits per heavy atom. The first kappa shape index (κ1) is 16.9. The maximum Gasteiger partial charge on any atom is 0.269 e. The van der Waals surface area contributed by atoms with E-state index >= 15 is 0 Å². The van der Waals surface area contributed by atoms with Crippen LogP contribution in [0.4, 0.5) is 0 Å². The van der Waals surface area contributed by atoms with Gasteiger partial charge in [0.2, 0.25) is 0 Å². The quantitative estimate of drug-likeness (QED) is 0.744. The van der Waals surface area contributed by atoms with Crippen LogP contribution < -0.4 is 5.43 Å². The fraction of sp³-hybridized carbons (Fsp3) is 0.200. The third-order valence-corrected chi connectivity index (χ3v) is 3.94. The monoisotopic (exact) mass is 334 g/mol. The second kappa shape index (κ2) is 6.91. The van der Waals surface area contributed by atoms with Crippen LogP contribution in [-0.4, -0.2) is 34.8 Å². The van der Waals surface area contributed by atoms with E-state index in [9.17, 15) is 4.79 Å². The minimum absolute atomic E-state index is 0.179. The molecule has 0 atom stereocenters. The van der Waals surface area contributed by atoms with Crippen molar-refractivity contribution in [3.05, 3.63) is 71.4 Å². The lowest BCUT2D eigenvalue weighted by Crippen LogP contribution is -2.36. The zero-order valence-corrected chi connectivity index (χ0v) is 14.9. The highest BCUT2D eigenvalue weighted by Gasteiger charge is 2.20. The Balaban J connectivity index is 2.14. The van der Waals surface area contributed by atoms with Gasteiger partial charge in [0, 0.05) is 25.9 Å². The van der Waals surface area contributed by atoms with E-state index in [4.69, 9.17) is 5.10 Å². The molecule has 3 aromatic rings. The highest BCUT2D eigenvalue weighted by molar-refractivity contribution is 6.00. The number of hydrogen-bond donors (Lipinski definition) is 1. The van der Waals surface area contributed by atoms with E-state index in [0.29, 0.717) is 11.3 Å². The molecule has 5 nitrogen and oxygen atoms in total. The lowest BCUT2D eigenvalue weighted by atomic mass is 10.0. The Hall–Kier alpha value is -2.92. The molecule has 0 radical (unpaired) electrons. The molecular formula is C20H22N4O. The summed E-state index contributed by atoms with van der Waals surface area (Å²) in [5, 5.41) is 6.34. The number of amides is 1. The summed E-state index contributed by atoms with van der Waals surface area (Å²) in [5.74, 6) is -0.179. The minimum atomic E-state index is -0.179. The Bertz CT molecular complexity index is 897. The van der Waals surface area contributed by atoms with E-state index in [-0.39, 0.29) is 5.91 Å². The van der Waals surface area contributed by atoms with Gasteiger partial charge in [0.15, 0.2) is 0 Å². The number of nitrogens with zero attached hydrogens (tertiary/aromatic N) is 3. The minimum Gasteiger partial charge on any atom is -0.285 e. The predicted octanol–water partition coefficient (Wildman–Crippen LogP) is 3.36. The summed E-state index contributed by atoms with van der Waals surface area (Å²) in [6.07, 6.45) is 1.78. The largest absolute Gasteiger partial charge is 0.285 e. The molecule has 0 saturated heterocycles. The molecule has 128 valence electrons. The lowest BCUT2D eigenvalue weighted by molar-refractivity contribution is 0.0857. The molecule has 1 heterocycles. The highest BCUT2D eigenvalue weighted by atomic mass is 16.2. The fourth-order valence-electron chi connectivity index (χ4n) is 2.79. The van der Waals surface area contributed by atoms with Crippen molar-refractivity contribution in [3.63, 3.8) is 0 Å². The molecule has 0 spiro atoms. The third-order valence-electron chi connectivity index (χ3n) is 3.94. The molecule has 25 heavy (non-hydrogen) atoms. The molecule has 5 heteroatoms. The van der Waals surface area contributed by atoms with Crippen molar-refractivity contribution in [1.29, 1.82) is 0 Å². The molecule has 0 aliphatic heterocycles. The average molecular weight is 334 g/mol. The predicted molar refractivity (Wildman–Crippen MR) is 99.6 cm³/mol. The number of aromatic nitrogens is 2. The zero-order valence-electron chi connectivity index (χ0n) is 14.9. The molecule has 1 N–H and O–H groups in total. The summed E-state index contributed by atoms with van der Waals surface area (Å²) in [4.78, 5) is 12.7. The number of rotatable bonds is 4. The number of hydrogen-bond acceptors (Lipinski definition) is 3. The summed E-state index contributed by atoms with van der Waals surface area (Å²) < 4.78 is 1.75. The van der Waals surface area contributed by atoms with Crippen LogP contribution in [0, 0.1) is 13.8 Å². The summed E-state index contributed by atoms with van der Waals surface area (Å²) in [5.41, 5.74) is 8.19. The van der Waals surface area contributed by atoms with Crippen LogP contribution in [0.25, 0.3) is 16.9 Å². The smallest absolute Gasteiger partial charge is 0.269 e. The first-order valence-electron chi connectivity index (χ1n) is 8.16. The number of aryl methyl sites for hydroxylation is 2. The molecule has 3 rings (SSSR count). The van der Waals surface area contributed by atoms with Crippen LogP contribution in [0.15, 0.2) is 54.7 Å². The maximum absolute atomic E-state index is 12.7. The van der Waals surface area contributed by atoms with Gasteiger partial charge in [-0.25, -0.2) is 9.69 Å². The molecule has 0 unspecified atom stereocenters. The Morgan fingerprint density at radius 1 is 1.08 bits per heavy atom. The summed E-state index contributed by atoms with van der Waals surface area (Å²) in [6, 6.07) is 16.0. The first-order valence-corrected chi connectivity index (χ1v) is 8.16. The van der Waals surface area contributed by atoms with Gasteiger partial charge in [0.05, 0.1) is 11.3 Å². The van der Waals surface area contributed by atoms with Crippen molar-refractivity contribution in [1.82, 2.24) is 20.2 Å². The standard InChI is InChI=1S/C20H22N4O/c1-14-10-11-17(15(2)12-14)19-18(20(25)22-23(3)4)13-24(21-19)16-8-6-5-7-9-16/h5-13H,1-4H3,(H,22,25). The number of para-hydroxylation sites is 1. The van der Waals surface area contributed by atoms with E-state index in [2.05, 4.69) is 18.4 Å². The van der Waals surface area contributed by atoms with E-state index in [0.717, 1.165) is 16.8 Å². The van der Waals surface area contributed by atoms with Gasteiger partial charge < -0.3 is 0 Å². The third kappa shape index (κ3) is 3.61. The SMILES string of the molecule is Cc1ccc(-c2nn(-c3ccccc3)cc2C(=O)NN(C)C)c(C)c1. The number of benzene rings is 2. The van der Waals surface area contributed by atoms with Gasteiger partial charge in [0.1, 0.15) is 5.69 Å². The molecule has 0 fully saturated rings. The van der Waals surface area contributed by atoms with Crippen molar-refractivity contribution in [2.75, 3.05) is 14.1 Å². The molecular weight excluding hydrogens is 312 g/mol. The van der Waals surface area contributed by atoms with Gasteiger partial charge in [-0.2, -0.15) is 5.10 Å². The average Bonchev–Trinajstić information content (AvgIpc) is 3.00. The van der Waals surface area contributed by atoms with Crippen LogP contribution in [0.2, 0.25) is 0 Å². The molecule has 1 amide bonds. The topological polar surface area (TPSA) is 50.2 Å². The van der Waals surface area contributed by atoms with Gasteiger partial charge in [-0.05, 0) is 31.5 Å². The van der Waals surface area contributed by atoms with E-state index in [1.165, 1.54) is 5.56 Å². The summed E-state index contributed by atoms with van der Waals surface area (Å²) >= 11 is 0. The van der Waals surface area contributed by atoms with Gasteiger partial charge in [-0.3, -0.25) is 10.2 Å². The highest BCUT2D eigenvalue weighted by Crippen LogP contribution is 2.27. The van der Waals surface area contributed by atoms with Gasteiger partial charge in [0.25, 0.3) is 5.91 Å². The fourth-order valence-corrected chi connectivity index (χ4v) is 2.79. The van der Waals surface area contributed by atoms with Crippen molar-refractivity contribution in [2.24, 2.45) is 0 Å². The number of hydrazine groups is 1. The molecule has 0 saturated carbocycles. The van der Waals surface area contributed by atoms with Crippen LogP contribution in [-0.2, 0) is 0 Å². The number of nitrogens with one attached hydrogen (secondary N) is 1. The van der Waals surface area contributed by atoms with Crippen LogP contribution >= 0.6 is 0 Å². The zero-order chi connectivity index (χ0) is 18.0. The van der Waals surface area contributed by atoms with Crippen molar-refractivity contribution < 1.29 is 4.79 Å². The Morgan fingerprint density at radius 2 is 1.80 bits per heavy atom. The Labute approximate surface area is 147 Å². The first-order chi connectivity index (χ1) is 12.0. The summed E-state index contributed by atoms with van der Waals surface area (Å²) in [7, 11) is 3.58. The van der Waals surface area contributed by atoms with Crippen LogP contribution in [0.5, 0.6) is 0 Å². The second-order valence-electron chi connectivity index (χ2n) is 6.33. The second-order valence-corrected chi connectivity index (χ2v) is 6.33. The van der Waals surface area contributed by atoms with Crippen molar-refractivity contribution >= 4 is 5.91 Å². The van der Waals surface area contributed by atoms with Gasteiger partial charge >= 0.3 is 0 Å². The van der Waals surface area contributed by atoms with Crippen LogP contribution in [0.3, 0.4) is 0 Å². The molecule has 0 aliphatic carbocycles. The maximum atomic E-state index is 12.7. The molecule has 0 bridgehead atoms. The van der Waals surface area contributed by atoms with Crippen LogP contribution in [0.1, 0.15) is 21.5 Å². The summed E-state index contributed by atoms with van der Waals surface area (Å²) in [6.45, 7) is 4.09. The van der Waals surface area contributed by atoms with Gasteiger partial charge in [-0.1, -0.05) is 42.0 Å². The molecule has 0 aliphatic rings.